The lowest BCUT2D eigenvalue weighted by molar-refractivity contribution is -0.0729. The highest BCUT2D eigenvalue weighted by Crippen LogP contribution is 2.20. The van der Waals surface area contributed by atoms with Gasteiger partial charge in [0.2, 0.25) is 0 Å². The molecule has 1 rings (SSSR count). The normalized spacial score (nSPS) is 24.1. The third kappa shape index (κ3) is 11.2. The van der Waals surface area contributed by atoms with Gasteiger partial charge in [-0.2, -0.15) is 0 Å². The molecule has 0 aromatic carbocycles. The second-order valence-corrected chi connectivity index (χ2v) is 7.68. The largest absolute Gasteiger partial charge is 0.394 e. The minimum absolute atomic E-state index is 0.261. The SMILES string of the molecule is CCCCCCCCCCC/C=C/CCCO[C@H]1CO[C@@H]([C@H](O)CO)[C@H]1O. The minimum atomic E-state index is -1.06. The van der Waals surface area contributed by atoms with E-state index in [9.17, 15) is 10.2 Å². The van der Waals surface area contributed by atoms with Crippen molar-refractivity contribution in [1.82, 2.24) is 0 Å². The van der Waals surface area contributed by atoms with Crippen molar-refractivity contribution >= 4 is 0 Å². The van der Waals surface area contributed by atoms with E-state index in [0.717, 1.165) is 19.3 Å². The van der Waals surface area contributed by atoms with Crippen molar-refractivity contribution < 1.29 is 24.8 Å². The Morgan fingerprint density at radius 2 is 1.56 bits per heavy atom. The summed E-state index contributed by atoms with van der Waals surface area (Å²) in [5, 5.41) is 28.5. The average molecular weight is 387 g/mol. The number of unbranched alkanes of at least 4 members (excludes halogenated alkanes) is 10. The molecule has 160 valence electrons. The van der Waals surface area contributed by atoms with E-state index in [1.807, 2.05) is 0 Å². The Bertz CT molecular complexity index is 361. The molecule has 1 saturated heterocycles. The molecule has 0 spiro atoms. The smallest absolute Gasteiger partial charge is 0.114 e. The van der Waals surface area contributed by atoms with Gasteiger partial charge in [-0.3, -0.25) is 0 Å². The molecular formula is C22H42O5. The average Bonchev–Trinajstić information content (AvgIpc) is 3.04. The fraction of sp³-hybridized carbons (Fsp3) is 0.909. The molecule has 1 fully saturated rings. The van der Waals surface area contributed by atoms with Crippen molar-refractivity contribution in [2.75, 3.05) is 19.8 Å². The Kier molecular flexibility index (Phi) is 15.0. The van der Waals surface area contributed by atoms with Crippen molar-refractivity contribution in [3.05, 3.63) is 12.2 Å². The maximum absolute atomic E-state index is 10.0. The van der Waals surface area contributed by atoms with Gasteiger partial charge in [-0.05, 0) is 25.7 Å². The Balaban J connectivity index is 1.88. The van der Waals surface area contributed by atoms with Gasteiger partial charge in [0.15, 0.2) is 0 Å². The molecule has 0 saturated carbocycles. The van der Waals surface area contributed by atoms with Crippen molar-refractivity contribution in [1.29, 1.82) is 0 Å². The summed E-state index contributed by atoms with van der Waals surface area (Å²) in [5.74, 6) is 0. The Hall–Kier alpha value is -0.460. The first-order valence-corrected chi connectivity index (χ1v) is 11.1. The van der Waals surface area contributed by atoms with Crippen LogP contribution in [0.4, 0.5) is 0 Å². The summed E-state index contributed by atoms with van der Waals surface area (Å²) in [7, 11) is 0. The van der Waals surface area contributed by atoms with Crippen LogP contribution in [0.5, 0.6) is 0 Å². The van der Waals surface area contributed by atoms with Gasteiger partial charge in [-0.25, -0.2) is 0 Å². The van der Waals surface area contributed by atoms with Gasteiger partial charge >= 0.3 is 0 Å². The van der Waals surface area contributed by atoms with Crippen LogP contribution < -0.4 is 0 Å². The van der Waals surface area contributed by atoms with E-state index in [-0.39, 0.29) is 6.61 Å². The summed E-state index contributed by atoms with van der Waals surface area (Å²) in [4.78, 5) is 0. The van der Waals surface area contributed by atoms with Gasteiger partial charge in [-0.15, -0.1) is 0 Å². The van der Waals surface area contributed by atoms with Crippen LogP contribution in [0.25, 0.3) is 0 Å². The van der Waals surface area contributed by atoms with E-state index in [0.29, 0.717) is 6.61 Å². The van der Waals surface area contributed by atoms with Crippen molar-refractivity contribution in [3.8, 4) is 0 Å². The molecule has 0 radical (unpaired) electrons. The number of rotatable bonds is 17. The molecule has 0 amide bonds. The van der Waals surface area contributed by atoms with E-state index < -0.39 is 31.0 Å². The monoisotopic (exact) mass is 386 g/mol. The zero-order valence-electron chi connectivity index (χ0n) is 17.2. The molecule has 0 unspecified atom stereocenters. The summed E-state index contributed by atoms with van der Waals surface area (Å²) in [6, 6.07) is 0. The predicted octanol–water partition coefficient (Wildman–Crippen LogP) is 3.74. The lowest BCUT2D eigenvalue weighted by Gasteiger charge is -2.20. The fourth-order valence-corrected chi connectivity index (χ4v) is 3.45. The van der Waals surface area contributed by atoms with Crippen molar-refractivity contribution in [2.45, 2.75) is 108 Å². The summed E-state index contributed by atoms with van der Waals surface area (Å²) in [6.45, 7) is 2.67. The van der Waals surface area contributed by atoms with Crippen LogP contribution in [-0.2, 0) is 9.47 Å². The van der Waals surface area contributed by atoms with Gasteiger partial charge in [0.25, 0.3) is 0 Å². The first-order chi connectivity index (χ1) is 13.2. The number of ether oxygens (including phenoxy) is 2. The van der Waals surface area contributed by atoms with Gasteiger partial charge in [0, 0.05) is 6.61 Å². The highest BCUT2D eigenvalue weighted by molar-refractivity contribution is 4.89. The van der Waals surface area contributed by atoms with Crippen LogP contribution in [0.2, 0.25) is 0 Å². The van der Waals surface area contributed by atoms with E-state index in [2.05, 4.69) is 19.1 Å². The number of aliphatic hydroxyl groups is 3. The first-order valence-electron chi connectivity index (χ1n) is 11.1. The quantitative estimate of drug-likeness (QED) is 0.262. The van der Waals surface area contributed by atoms with Crippen LogP contribution in [0, 0.1) is 0 Å². The van der Waals surface area contributed by atoms with Crippen LogP contribution in [0.3, 0.4) is 0 Å². The molecule has 1 aliphatic heterocycles. The highest BCUT2D eigenvalue weighted by atomic mass is 16.6. The number of allylic oxidation sites excluding steroid dienone is 2. The minimum Gasteiger partial charge on any atom is -0.394 e. The van der Waals surface area contributed by atoms with Gasteiger partial charge in [0.1, 0.15) is 24.4 Å². The number of hydrogen-bond acceptors (Lipinski definition) is 5. The molecule has 4 atom stereocenters. The fourth-order valence-electron chi connectivity index (χ4n) is 3.45. The molecule has 5 nitrogen and oxygen atoms in total. The van der Waals surface area contributed by atoms with E-state index >= 15 is 0 Å². The molecule has 0 bridgehead atoms. The van der Waals surface area contributed by atoms with Crippen molar-refractivity contribution in [3.63, 3.8) is 0 Å². The maximum Gasteiger partial charge on any atom is 0.114 e. The lowest BCUT2D eigenvalue weighted by Crippen LogP contribution is -2.41. The Morgan fingerprint density at radius 1 is 0.963 bits per heavy atom. The van der Waals surface area contributed by atoms with E-state index in [4.69, 9.17) is 14.6 Å². The molecule has 1 heterocycles. The zero-order chi connectivity index (χ0) is 19.7. The second-order valence-electron chi connectivity index (χ2n) is 7.68. The Morgan fingerprint density at radius 3 is 2.19 bits per heavy atom. The number of hydrogen-bond donors (Lipinski definition) is 3. The first kappa shape index (κ1) is 24.6. The van der Waals surface area contributed by atoms with Gasteiger partial charge in [0.05, 0.1) is 13.2 Å². The van der Waals surface area contributed by atoms with Crippen LogP contribution in [0.1, 0.15) is 84.0 Å². The highest BCUT2D eigenvalue weighted by Gasteiger charge is 2.40. The van der Waals surface area contributed by atoms with Gasteiger partial charge < -0.3 is 24.8 Å². The van der Waals surface area contributed by atoms with E-state index in [1.54, 1.807) is 0 Å². The topological polar surface area (TPSA) is 79.2 Å². The van der Waals surface area contributed by atoms with Gasteiger partial charge in [-0.1, -0.05) is 70.4 Å². The van der Waals surface area contributed by atoms with Crippen LogP contribution in [0.15, 0.2) is 12.2 Å². The maximum atomic E-state index is 10.0. The zero-order valence-corrected chi connectivity index (χ0v) is 17.2. The second kappa shape index (κ2) is 16.5. The molecule has 1 aliphatic rings. The molecule has 0 aliphatic carbocycles. The van der Waals surface area contributed by atoms with E-state index in [1.165, 1.54) is 57.8 Å². The molecule has 27 heavy (non-hydrogen) atoms. The van der Waals surface area contributed by atoms with Crippen LogP contribution in [-0.4, -0.2) is 59.6 Å². The number of aliphatic hydroxyl groups excluding tert-OH is 3. The summed E-state index contributed by atoms with van der Waals surface area (Å²) < 4.78 is 11.0. The standard InChI is InChI=1S/C22H42O5/c1-2-3-4-5-6-7-8-9-10-11-12-13-14-15-16-26-20-18-27-22(21(20)25)19(24)17-23/h12-13,19-25H,2-11,14-18H2,1H3/b13-12+/t19-,20+,21+,22+/m1/s1. The third-order valence-electron chi connectivity index (χ3n) is 5.22. The molecule has 3 N–H and O–H groups in total. The molecule has 5 heteroatoms. The molecule has 0 aromatic heterocycles. The molecule has 0 aromatic rings. The predicted molar refractivity (Wildman–Crippen MR) is 109 cm³/mol. The molecular weight excluding hydrogens is 344 g/mol. The Labute approximate surface area is 165 Å². The van der Waals surface area contributed by atoms with Crippen molar-refractivity contribution in [2.24, 2.45) is 0 Å². The lowest BCUT2D eigenvalue weighted by atomic mass is 10.1. The summed E-state index contributed by atoms with van der Waals surface area (Å²) in [6.07, 6.45) is 16.7. The third-order valence-corrected chi connectivity index (χ3v) is 5.22. The summed E-state index contributed by atoms with van der Waals surface area (Å²) >= 11 is 0. The van der Waals surface area contributed by atoms with Crippen LogP contribution >= 0.6 is 0 Å². The summed E-state index contributed by atoms with van der Waals surface area (Å²) in [5.41, 5.74) is 0.